The second kappa shape index (κ2) is 7.05. The Morgan fingerprint density at radius 2 is 1.85 bits per heavy atom. The van der Waals surface area contributed by atoms with Crippen LogP contribution in [0.4, 0.5) is 0 Å². The van der Waals surface area contributed by atoms with E-state index < -0.39 is 10.0 Å². The molecule has 1 heterocycles. The Labute approximate surface area is 159 Å². The van der Waals surface area contributed by atoms with Crippen LogP contribution >= 0.6 is 0 Å². The number of aromatic nitrogens is 1. The number of hydrogen-bond acceptors (Lipinski definition) is 4. The van der Waals surface area contributed by atoms with E-state index in [0.717, 1.165) is 36.8 Å². The highest BCUT2D eigenvalue weighted by Crippen LogP contribution is 2.31. The van der Waals surface area contributed by atoms with Crippen molar-refractivity contribution < 1.29 is 13.2 Å². The molecule has 0 saturated heterocycles. The van der Waals surface area contributed by atoms with Crippen molar-refractivity contribution in [2.24, 2.45) is 0 Å². The van der Waals surface area contributed by atoms with Crippen LogP contribution in [0.3, 0.4) is 0 Å². The first kappa shape index (κ1) is 18.1. The zero-order chi connectivity index (χ0) is 19.0. The summed E-state index contributed by atoms with van der Waals surface area (Å²) in [6, 6.07) is 8.85. The number of carbonyl (C=O) groups is 1. The van der Waals surface area contributed by atoms with Crippen LogP contribution in [0, 0.1) is 6.92 Å². The Morgan fingerprint density at radius 3 is 2.48 bits per heavy atom. The highest BCUT2D eigenvalue weighted by atomic mass is 32.2. The van der Waals surface area contributed by atoms with Crippen molar-refractivity contribution in [1.29, 1.82) is 0 Å². The summed E-state index contributed by atoms with van der Waals surface area (Å²) in [6.07, 6.45) is 7.14. The maximum atomic E-state index is 13.3. The molecule has 2 saturated carbocycles. The number of benzene rings is 1. The molecule has 0 unspecified atom stereocenters. The van der Waals surface area contributed by atoms with Gasteiger partial charge in [-0.3, -0.25) is 9.78 Å². The number of aryl methyl sites for hydroxylation is 1. The monoisotopic (exact) mass is 385 g/mol. The van der Waals surface area contributed by atoms with Gasteiger partial charge < -0.3 is 4.90 Å². The average Bonchev–Trinajstić information content (AvgIpc) is 3.55. The molecule has 0 spiro atoms. The summed E-state index contributed by atoms with van der Waals surface area (Å²) in [6.45, 7) is 2.35. The van der Waals surface area contributed by atoms with Gasteiger partial charge in [-0.15, -0.1) is 0 Å². The van der Waals surface area contributed by atoms with Crippen LogP contribution in [0.15, 0.2) is 47.6 Å². The molecule has 6 nitrogen and oxygen atoms in total. The Balaban J connectivity index is 1.62. The molecule has 0 bridgehead atoms. The van der Waals surface area contributed by atoms with Crippen LogP contribution < -0.4 is 4.72 Å². The summed E-state index contributed by atoms with van der Waals surface area (Å²) >= 11 is 0. The van der Waals surface area contributed by atoms with Gasteiger partial charge in [0.05, 0.1) is 4.90 Å². The molecule has 2 aromatic rings. The van der Waals surface area contributed by atoms with Gasteiger partial charge in [-0.1, -0.05) is 6.07 Å². The minimum atomic E-state index is -3.59. The van der Waals surface area contributed by atoms with Crippen LogP contribution in [-0.4, -0.2) is 36.3 Å². The summed E-state index contributed by atoms with van der Waals surface area (Å²) < 4.78 is 27.7. The second-order valence-corrected chi connectivity index (χ2v) is 9.11. The van der Waals surface area contributed by atoms with Gasteiger partial charge in [0.15, 0.2) is 0 Å². The molecule has 2 fully saturated rings. The largest absolute Gasteiger partial charge is 0.331 e. The van der Waals surface area contributed by atoms with Crippen molar-refractivity contribution in [1.82, 2.24) is 14.6 Å². The van der Waals surface area contributed by atoms with Crippen LogP contribution in [-0.2, 0) is 16.6 Å². The Hall–Kier alpha value is -2.25. The Morgan fingerprint density at radius 1 is 1.15 bits per heavy atom. The number of sulfonamides is 1. The molecule has 2 aliphatic rings. The smallest absolute Gasteiger partial charge is 0.254 e. The van der Waals surface area contributed by atoms with E-state index in [1.165, 1.54) is 6.07 Å². The molecule has 1 aromatic heterocycles. The van der Waals surface area contributed by atoms with E-state index >= 15 is 0 Å². The predicted molar refractivity (Wildman–Crippen MR) is 102 cm³/mol. The molecule has 2 aliphatic carbocycles. The van der Waals surface area contributed by atoms with E-state index in [4.69, 9.17) is 0 Å². The molecular weight excluding hydrogens is 362 g/mol. The highest BCUT2D eigenvalue weighted by molar-refractivity contribution is 7.89. The fourth-order valence-electron chi connectivity index (χ4n) is 3.08. The summed E-state index contributed by atoms with van der Waals surface area (Å²) in [5.41, 5.74) is 2.25. The number of nitrogens with one attached hydrogen (secondary N) is 1. The second-order valence-electron chi connectivity index (χ2n) is 7.39. The van der Waals surface area contributed by atoms with Gasteiger partial charge in [0, 0.05) is 36.6 Å². The van der Waals surface area contributed by atoms with Crippen molar-refractivity contribution >= 4 is 15.9 Å². The maximum absolute atomic E-state index is 13.3. The van der Waals surface area contributed by atoms with Crippen molar-refractivity contribution in [3.8, 4) is 0 Å². The van der Waals surface area contributed by atoms with E-state index in [0.29, 0.717) is 12.1 Å². The van der Waals surface area contributed by atoms with E-state index in [1.807, 2.05) is 24.0 Å². The van der Waals surface area contributed by atoms with E-state index in [1.54, 1.807) is 24.5 Å². The molecule has 1 amide bonds. The molecular formula is C20H23N3O3S. The average molecular weight is 385 g/mol. The van der Waals surface area contributed by atoms with Crippen LogP contribution in [0.25, 0.3) is 0 Å². The molecule has 0 aliphatic heterocycles. The third kappa shape index (κ3) is 4.20. The van der Waals surface area contributed by atoms with Gasteiger partial charge in [0.25, 0.3) is 5.91 Å². The lowest BCUT2D eigenvalue weighted by Crippen LogP contribution is -2.33. The number of amides is 1. The van der Waals surface area contributed by atoms with E-state index in [2.05, 4.69) is 9.71 Å². The van der Waals surface area contributed by atoms with Crippen molar-refractivity contribution in [2.75, 3.05) is 0 Å². The molecule has 0 atom stereocenters. The minimum absolute atomic E-state index is 0.0325. The summed E-state index contributed by atoms with van der Waals surface area (Å²) in [7, 11) is -3.59. The number of rotatable bonds is 7. The van der Waals surface area contributed by atoms with Gasteiger partial charge in [0.2, 0.25) is 10.0 Å². The lowest BCUT2D eigenvalue weighted by atomic mass is 10.1. The summed E-state index contributed by atoms with van der Waals surface area (Å²) in [5, 5.41) is 0. The quantitative estimate of drug-likeness (QED) is 0.795. The normalized spacial score (nSPS) is 16.9. The molecule has 0 radical (unpaired) electrons. The minimum Gasteiger partial charge on any atom is -0.331 e. The van der Waals surface area contributed by atoms with E-state index in [-0.39, 0.29) is 22.9 Å². The van der Waals surface area contributed by atoms with Crippen LogP contribution in [0.2, 0.25) is 0 Å². The van der Waals surface area contributed by atoms with Gasteiger partial charge in [-0.25, -0.2) is 13.1 Å². The van der Waals surface area contributed by atoms with Crippen LogP contribution in [0.5, 0.6) is 0 Å². The standard InChI is InChI=1S/C20H23N3O3S/c1-14-2-7-18(27(25,26)22-16-3-4-16)12-19(14)20(24)23(17-5-6-17)13-15-8-10-21-11-9-15/h2,7-12,16-17,22H,3-6,13H2,1H3. The first-order chi connectivity index (χ1) is 12.9. The van der Waals surface area contributed by atoms with Crippen molar-refractivity contribution in [2.45, 2.75) is 56.1 Å². The lowest BCUT2D eigenvalue weighted by molar-refractivity contribution is 0.0729. The first-order valence-corrected chi connectivity index (χ1v) is 10.8. The van der Waals surface area contributed by atoms with Gasteiger partial charge >= 0.3 is 0 Å². The molecule has 1 N–H and O–H groups in total. The number of pyridine rings is 1. The summed E-state index contributed by atoms with van der Waals surface area (Å²) in [4.78, 5) is 19.3. The van der Waals surface area contributed by atoms with Gasteiger partial charge in [0.1, 0.15) is 0 Å². The maximum Gasteiger partial charge on any atom is 0.254 e. The van der Waals surface area contributed by atoms with Crippen LogP contribution in [0.1, 0.15) is 47.2 Å². The van der Waals surface area contributed by atoms with Gasteiger partial charge in [-0.2, -0.15) is 0 Å². The molecule has 1 aromatic carbocycles. The fourth-order valence-corrected chi connectivity index (χ4v) is 4.41. The van der Waals surface area contributed by atoms with Crippen molar-refractivity contribution in [3.05, 3.63) is 59.4 Å². The zero-order valence-corrected chi connectivity index (χ0v) is 16.1. The summed E-state index contributed by atoms with van der Waals surface area (Å²) in [5.74, 6) is -0.115. The SMILES string of the molecule is Cc1ccc(S(=O)(=O)NC2CC2)cc1C(=O)N(Cc1ccncc1)C1CC1. The van der Waals surface area contributed by atoms with Gasteiger partial charge in [-0.05, 0) is 68.0 Å². The molecule has 142 valence electrons. The van der Waals surface area contributed by atoms with E-state index in [9.17, 15) is 13.2 Å². The third-order valence-electron chi connectivity index (χ3n) is 5.00. The topological polar surface area (TPSA) is 79.4 Å². The predicted octanol–water partition coefficient (Wildman–Crippen LogP) is 2.64. The number of hydrogen-bond donors (Lipinski definition) is 1. The lowest BCUT2D eigenvalue weighted by Gasteiger charge is -2.24. The molecule has 27 heavy (non-hydrogen) atoms. The number of carbonyl (C=O) groups excluding carboxylic acids is 1. The fraction of sp³-hybridized carbons (Fsp3) is 0.400. The zero-order valence-electron chi connectivity index (χ0n) is 15.3. The first-order valence-electron chi connectivity index (χ1n) is 9.27. The Kier molecular flexibility index (Phi) is 4.74. The molecule has 7 heteroatoms. The number of nitrogens with zero attached hydrogens (tertiary/aromatic N) is 2. The molecule has 4 rings (SSSR count). The third-order valence-corrected chi connectivity index (χ3v) is 6.52. The van der Waals surface area contributed by atoms with Crippen molar-refractivity contribution in [3.63, 3.8) is 0 Å². The Bertz CT molecular complexity index is 952. The highest BCUT2D eigenvalue weighted by Gasteiger charge is 2.34.